The van der Waals surface area contributed by atoms with E-state index in [9.17, 15) is 4.79 Å². The van der Waals surface area contributed by atoms with Crippen LogP contribution in [0, 0.1) is 0 Å². The van der Waals surface area contributed by atoms with Crippen molar-refractivity contribution in [2.75, 3.05) is 37.0 Å². The number of nitrogens with two attached hydrogens (primary N) is 1. The fourth-order valence-electron chi connectivity index (χ4n) is 2.50. The van der Waals surface area contributed by atoms with Gasteiger partial charge < -0.3 is 20.1 Å². The molecule has 2 N–H and O–H groups in total. The van der Waals surface area contributed by atoms with Crippen LogP contribution >= 0.6 is 0 Å². The van der Waals surface area contributed by atoms with Gasteiger partial charge in [-0.25, -0.2) is 4.79 Å². The lowest BCUT2D eigenvalue weighted by Gasteiger charge is -2.37. The maximum absolute atomic E-state index is 11.9. The minimum Gasteiger partial charge on any atom is -0.462 e. The predicted octanol–water partition coefficient (Wildman–Crippen LogP) is 2.06. The highest BCUT2D eigenvalue weighted by atomic mass is 16.5. The molecule has 0 saturated carbocycles. The molecule has 5 heteroatoms. The van der Waals surface area contributed by atoms with Gasteiger partial charge in [-0.1, -0.05) is 13.0 Å². The monoisotopic (exact) mass is 278 g/mol. The molecular weight excluding hydrogens is 256 g/mol. The van der Waals surface area contributed by atoms with E-state index in [0.29, 0.717) is 37.1 Å². The van der Waals surface area contributed by atoms with Crippen molar-refractivity contribution < 1.29 is 14.3 Å². The van der Waals surface area contributed by atoms with Crippen LogP contribution in [0.5, 0.6) is 0 Å². The van der Waals surface area contributed by atoms with Crippen LogP contribution in [-0.2, 0) is 9.47 Å². The van der Waals surface area contributed by atoms with E-state index in [2.05, 4.69) is 11.8 Å². The molecule has 1 aliphatic rings. The van der Waals surface area contributed by atoms with Crippen LogP contribution in [-0.4, -0.2) is 38.4 Å². The molecule has 0 amide bonds. The van der Waals surface area contributed by atoms with Gasteiger partial charge in [0.25, 0.3) is 0 Å². The van der Waals surface area contributed by atoms with Crippen LogP contribution in [0.25, 0.3) is 0 Å². The Balaban J connectivity index is 2.32. The molecule has 1 unspecified atom stereocenters. The number of anilines is 2. The number of carbonyl (C=O) groups is 1. The number of nitrogen functional groups attached to an aromatic ring is 1. The van der Waals surface area contributed by atoms with Crippen molar-refractivity contribution in [1.29, 1.82) is 0 Å². The van der Waals surface area contributed by atoms with Gasteiger partial charge in [0.1, 0.15) is 0 Å². The fourth-order valence-corrected chi connectivity index (χ4v) is 2.50. The Bertz CT molecular complexity index is 476. The van der Waals surface area contributed by atoms with Crippen LogP contribution in [0.3, 0.4) is 0 Å². The van der Waals surface area contributed by atoms with Crippen LogP contribution in [0.1, 0.15) is 30.6 Å². The quantitative estimate of drug-likeness (QED) is 0.674. The van der Waals surface area contributed by atoms with Crippen LogP contribution in [0.15, 0.2) is 18.2 Å². The molecule has 1 aromatic rings. The molecule has 0 radical (unpaired) electrons. The first-order valence-corrected chi connectivity index (χ1v) is 7.09. The van der Waals surface area contributed by atoms with E-state index in [4.69, 9.17) is 15.2 Å². The van der Waals surface area contributed by atoms with Crippen molar-refractivity contribution in [3.05, 3.63) is 23.8 Å². The largest absolute Gasteiger partial charge is 0.462 e. The second kappa shape index (κ2) is 6.61. The van der Waals surface area contributed by atoms with Gasteiger partial charge in [0.15, 0.2) is 0 Å². The Morgan fingerprint density at radius 3 is 3.00 bits per heavy atom. The number of nitrogens with zero attached hydrogens (tertiary/aromatic N) is 1. The lowest BCUT2D eigenvalue weighted by Crippen LogP contribution is -2.45. The summed E-state index contributed by atoms with van der Waals surface area (Å²) in [7, 11) is 0. The van der Waals surface area contributed by atoms with Crippen LogP contribution in [0.4, 0.5) is 11.4 Å². The Morgan fingerprint density at radius 2 is 2.30 bits per heavy atom. The second-order valence-corrected chi connectivity index (χ2v) is 4.79. The van der Waals surface area contributed by atoms with Gasteiger partial charge in [-0.2, -0.15) is 0 Å². The van der Waals surface area contributed by atoms with E-state index in [1.54, 1.807) is 13.0 Å². The molecule has 2 rings (SSSR count). The highest BCUT2D eigenvalue weighted by molar-refractivity contribution is 5.98. The van der Waals surface area contributed by atoms with E-state index in [1.807, 2.05) is 12.1 Å². The maximum atomic E-state index is 11.9. The van der Waals surface area contributed by atoms with E-state index < -0.39 is 0 Å². The molecule has 0 aromatic heterocycles. The van der Waals surface area contributed by atoms with Crippen LogP contribution in [0.2, 0.25) is 0 Å². The molecule has 1 atom stereocenters. The smallest absolute Gasteiger partial charge is 0.340 e. The first-order valence-electron chi connectivity index (χ1n) is 7.09. The van der Waals surface area contributed by atoms with Gasteiger partial charge in [-0.05, 0) is 25.5 Å². The summed E-state index contributed by atoms with van der Waals surface area (Å²) < 4.78 is 10.5. The molecule has 1 saturated heterocycles. The number of carbonyl (C=O) groups excluding carboxylic acids is 1. The average Bonchev–Trinajstić information content (AvgIpc) is 2.47. The summed E-state index contributed by atoms with van der Waals surface area (Å²) in [4.78, 5) is 14.1. The summed E-state index contributed by atoms with van der Waals surface area (Å²) in [6.45, 7) is 6.41. The maximum Gasteiger partial charge on any atom is 0.340 e. The molecule has 1 fully saturated rings. The minimum absolute atomic E-state index is 0.295. The zero-order valence-electron chi connectivity index (χ0n) is 12.1. The van der Waals surface area contributed by atoms with Gasteiger partial charge >= 0.3 is 5.97 Å². The molecule has 1 aliphatic heterocycles. The van der Waals surface area contributed by atoms with E-state index in [-0.39, 0.29) is 5.97 Å². The number of ether oxygens (including phenoxy) is 2. The Kier molecular flexibility index (Phi) is 4.84. The third-order valence-corrected chi connectivity index (χ3v) is 3.59. The lowest BCUT2D eigenvalue weighted by molar-refractivity contribution is 0.0527. The standard InChI is InChI=1S/C15H22N2O3/c1-3-11-10-19-9-8-17(11)13-7-5-6-12(14(13)16)15(18)20-4-2/h5-7,11H,3-4,8-10,16H2,1-2H3. The summed E-state index contributed by atoms with van der Waals surface area (Å²) >= 11 is 0. The van der Waals surface area contributed by atoms with Crippen molar-refractivity contribution >= 4 is 17.3 Å². The summed E-state index contributed by atoms with van der Waals surface area (Å²) in [5, 5.41) is 0. The van der Waals surface area contributed by atoms with Crippen LogP contribution < -0.4 is 10.6 Å². The van der Waals surface area contributed by atoms with Gasteiger partial charge in [-0.3, -0.25) is 0 Å². The van der Waals surface area contributed by atoms with Crippen molar-refractivity contribution in [1.82, 2.24) is 0 Å². The zero-order valence-corrected chi connectivity index (χ0v) is 12.1. The molecule has 1 aromatic carbocycles. The Hall–Kier alpha value is -1.75. The highest BCUT2D eigenvalue weighted by Crippen LogP contribution is 2.30. The molecule has 0 spiro atoms. The number of hydrogen-bond acceptors (Lipinski definition) is 5. The number of morpholine rings is 1. The number of esters is 1. The SMILES string of the molecule is CCOC(=O)c1cccc(N2CCOCC2CC)c1N. The predicted molar refractivity (Wildman–Crippen MR) is 79.1 cm³/mol. The van der Waals surface area contributed by atoms with Gasteiger partial charge in [0.05, 0.1) is 42.8 Å². The molecule has 0 aliphatic carbocycles. The van der Waals surface area contributed by atoms with E-state index in [1.165, 1.54) is 0 Å². The summed E-state index contributed by atoms with van der Waals surface area (Å²) in [5.41, 5.74) is 8.00. The summed E-state index contributed by atoms with van der Waals surface area (Å²) in [6.07, 6.45) is 0.975. The molecule has 5 nitrogen and oxygen atoms in total. The number of rotatable bonds is 4. The fraction of sp³-hybridized carbons (Fsp3) is 0.533. The molecule has 20 heavy (non-hydrogen) atoms. The normalized spacial score (nSPS) is 18.9. The van der Waals surface area contributed by atoms with Crippen molar-refractivity contribution in [2.24, 2.45) is 0 Å². The lowest BCUT2D eigenvalue weighted by atomic mass is 10.1. The zero-order chi connectivity index (χ0) is 14.5. The van der Waals surface area contributed by atoms with E-state index >= 15 is 0 Å². The molecular formula is C15H22N2O3. The number of hydrogen-bond donors (Lipinski definition) is 1. The minimum atomic E-state index is -0.367. The average molecular weight is 278 g/mol. The Morgan fingerprint density at radius 1 is 1.50 bits per heavy atom. The molecule has 0 bridgehead atoms. The van der Waals surface area contributed by atoms with Gasteiger partial charge in [0.2, 0.25) is 0 Å². The number of benzene rings is 1. The topological polar surface area (TPSA) is 64.8 Å². The first-order chi connectivity index (χ1) is 9.69. The summed E-state index contributed by atoms with van der Waals surface area (Å²) in [6, 6.07) is 5.80. The van der Waals surface area contributed by atoms with Crippen molar-refractivity contribution in [2.45, 2.75) is 26.3 Å². The highest BCUT2D eigenvalue weighted by Gasteiger charge is 2.25. The van der Waals surface area contributed by atoms with Crippen molar-refractivity contribution in [3.63, 3.8) is 0 Å². The van der Waals surface area contributed by atoms with Gasteiger partial charge in [0, 0.05) is 6.54 Å². The molecule has 1 heterocycles. The number of para-hydroxylation sites is 1. The van der Waals surface area contributed by atoms with E-state index in [0.717, 1.165) is 18.7 Å². The third kappa shape index (κ3) is 2.88. The molecule has 110 valence electrons. The summed E-state index contributed by atoms with van der Waals surface area (Å²) in [5.74, 6) is -0.367. The Labute approximate surface area is 119 Å². The second-order valence-electron chi connectivity index (χ2n) is 4.79. The first kappa shape index (κ1) is 14.7. The van der Waals surface area contributed by atoms with Gasteiger partial charge in [-0.15, -0.1) is 0 Å². The van der Waals surface area contributed by atoms with Crippen molar-refractivity contribution in [3.8, 4) is 0 Å². The third-order valence-electron chi connectivity index (χ3n) is 3.59.